The van der Waals surface area contributed by atoms with Crippen LogP contribution in [0.4, 0.5) is 13.2 Å². The standard InChI is InChI=1S/C16H17Cl2F3N2O3/c1-9(2)5-11-7-15(25,16(19,20)21)23(22-11)14(24)8-26-13-4-3-10(17)6-12(13)18/h3-4,6,9,25H,5,7-8H2,1-2H3. The fourth-order valence-corrected chi connectivity index (χ4v) is 2.94. The molecular weight excluding hydrogens is 396 g/mol. The molecule has 1 aromatic rings. The van der Waals surface area contributed by atoms with E-state index in [0.29, 0.717) is 5.02 Å². The molecule has 0 saturated carbocycles. The Hall–Kier alpha value is -1.51. The Morgan fingerprint density at radius 1 is 1.42 bits per heavy atom. The number of alkyl halides is 3. The van der Waals surface area contributed by atoms with E-state index in [-0.39, 0.29) is 33.8 Å². The number of halogens is 5. The fraction of sp³-hybridized carbons (Fsp3) is 0.500. The number of carbonyl (C=O) groups excluding carboxylic acids is 1. The number of benzene rings is 1. The van der Waals surface area contributed by atoms with Crippen molar-refractivity contribution in [1.82, 2.24) is 5.01 Å². The molecule has 0 aromatic heterocycles. The van der Waals surface area contributed by atoms with Crippen LogP contribution < -0.4 is 4.74 Å². The van der Waals surface area contributed by atoms with Gasteiger partial charge in [-0.25, -0.2) is 0 Å². The Kier molecular flexibility index (Phi) is 6.09. The fourth-order valence-electron chi connectivity index (χ4n) is 2.48. The van der Waals surface area contributed by atoms with Gasteiger partial charge in [0.05, 0.1) is 5.02 Å². The van der Waals surface area contributed by atoms with Crippen LogP contribution in [0.2, 0.25) is 10.0 Å². The lowest BCUT2D eigenvalue weighted by Crippen LogP contribution is -2.57. The van der Waals surface area contributed by atoms with Crippen molar-refractivity contribution in [2.45, 2.75) is 38.6 Å². The van der Waals surface area contributed by atoms with E-state index >= 15 is 0 Å². The van der Waals surface area contributed by atoms with Gasteiger partial charge in [0.25, 0.3) is 11.6 Å². The normalized spacial score (nSPS) is 20.5. The number of nitrogens with zero attached hydrogens (tertiary/aromatic N) is 2. The monoisotopic (exact) mass is 412 g/mol. The molecule has 0 fully saturated rings. The molecule has 0 saturated heterocycles. The Bertz CT molecular complexity index is 725. The lowest BCUT2D eigenvalue weighted by Gasteiger charge is -2.32. The maximum atomic E-state index is 13.3. The summed E-state index contributed by atoms with van der Waals surface area (Å²) in [5, 5.41) is 14.3. The average molecular weight is 413 g/mol. The third-order valence-electron chi connectivity index (χ3n) is 3.62. The molecular formula is C16H17Cl2F3N2O3. The van der Waals surface area contributed by atoms with Crippen LogP contribution in [-0.4, -0.2) is 40.2 Å². The van der Waals surface area contributed by atoms with Gasteiger partial charge in [-0.2, -0.15) is 23.3 Å². The third kappa shape index (κ3) is 4.42. The lowest BCUT2D eigenvalue weighted by atomic mass is 9.99. The first-order valence-electron chi connectivity index (χ1n) is 7.70. The van der Waals surface area contributed by atoms with Gasteiger partial charge in [-0.15, -0.1) is 0 Å². The zero-order valence-electron chi connectivity index (χ0n) is 14.0. The second-order valence-electron chi connectivity index (χ2n) is 6.32. The minimum Gasteiger partial charge on any atom is -0.482 e. The molecule has 0 spiro atoms. The minimum absolute atomic E-state index is 0.0189. The van der Waals surface area contributed by atoms with Gasteiger partial charge in [-0.1, -0.05) is 37.0 Å². The molecule has 1 N–H and O–H groups in total. The first-order chi connectivity index (χ1) is 11.9. The molecule has 1 amide bonds. The molecule has 1 aliphatic heterocycles. The summed E-state index contributed by atoms with van der Waals surface area (Å²) < 4.78 is 45.2. The average Bonchev–Trinajstić information content (AvgIpc) is 2.83. The summed E-state index contributed by atoms with van der Waals surface area (Å²) in [5.41, 5.74) is -3.29. The Labute approximate surface area is 158 Å². The van der Waals surface area contributed by atoms with E-state index in [0.717, 1.165) is 0 Å². The highest BCUT2D eigenvalue weighted by molar-refractivity contribution is 6.35. The van der Waals surface area contributed by atoms with Crippen LogP contribution in [0, 0.1) is 5.92 Å². The highest BCUT2D eigenvalue weighted by atomic mass is 35.5. The summed E-state index contributed by atoms with van der Waals surface area (Å²) in [6.07, 6.45) is -5.63. The van der Waals surface area contributed by atoms with Gasteiger partial charge in [0, 0.05) is 17.2 Å². The third-order valence-corrected chi connectivity index (χ3v) is 4.15. The summed E-state index contributed by atoms with van der Waals surface area (Å²) in [6.45, 7) is 2.81. The lowest BCUT2D eigenvalue weighted by molar-refractivity contribution is -0.302. The van der Waals surface area contributed by atoms with Crippen LogP contribution in [0.1, 0.15) is 26.7 Å². The van der Waals surface area contributed by atoms with Crippen molar-refractivity contribution < 1.29 is 27.8 Å². The maximum absolute atomic E-state index is 13.3. The van der Waals surface area contributed by atoms with Gasteiger partial charge in [0.2, 0.25) is 0 Å². The molecule has 1 aliphatic rings. The summed E-state index contributed by atoms with van der Waals surface area (Å²) in [7, 11) is 0. The molecule has 1 unspecified atom stereocenters. The molecule has 0 bridgehead atoms. The van der Waals surface area contributed by atoms with Crippen molar-refractivity contribution in [3.05, 3.63) is 28.2 Å². The smallest absolute Gasteiger partial charge is 0.438 e. The molecule has 5 nitrogen and oxygen atoms in total. The van der Waals surface area contributed by atoms with Crippen molar-refractivity contribution in [2.75, 3.05) is 6.61 Å². The van der Waals surface area contributed by atoms with Crippen LogP contribution in [-0.2, 0) is 4.79 Å². The molecule has 26 heavy (non-hydrogen) atoms. The van der Waals surface area contributed by atoms with Crippen molar-refractivity contribution in [2.24, 2.45) is 11.0 Å². The second kappa shape index (κ2) is 7.62. The number of hydrogen-bond acceptors (Lipinski definition) is 4. The summed E-state index contributed by atoms with van der Waals surface area (Å²) >= 11 is 11.6. The highest BCUT2D eigenvalue weighted by Gasteiger charge is 2.63. The molecule has 10 heteroatoms. The van der Waals surface area contributed by atoms with Crippen molar-refractivity contribution in [1.29, 1.82) is 0 Å². The van der Waals surface area contributed by atoms with Gasteiger partial charge >= 0.3 is 6.18 Å². The summed E-state index contributed by atoms with van der Waals surface area (Å²) in [6, 6.07) is 4.20. The number of hydrogen-bond donors (Lipinski definition) is 1. The Balaban J connectivity index is 2.18. The summed E-state index contributed by atoms with van der Waals surface area (Å²) in [5.74, 6) is -1.05. The van der Waals surface area contributed by atoms with Crippen LogP contribution in [0.3, 0.4) is 0 Å². The predicted octanol–water partition coefficient (Wildman–Crippen LogP) is 4.26. The molecule has 0 radical (unpaired) electrons. The second-order valence-corrected chi connectivity index (χ2v) is 7.17. The SMILES string of the molecule is CC(C)CC1=NN(C(=O)COc2ccc(Cl)cc2Cl)C(O)(C(F)(F)F)C1. The molecule has 1 atom stereocenters. The Morgan fingerprint density at radius 3 is 2.62 bits per heavy atom. The van der Waals surface area contributed by atoms with E-state index in [9.17, 15) is 23.1 Å². The van der Waals surface area contributed by atoms with E-state index in [2.05, 4.69) is 5.10 Å². The first-order valence-corrected chi connectivity index (χ1v) is 8.46. The van der Waals surface area contributed by atoms with Crippen LogP contribution >= 0.6 is 23.2 Å². The zero-order valence-corrected chi connectivity index (χ0v) is 15.5. The van der Waals surface area contributed by atoms with Crippen molar-refractivity contribution in [3.8, 4) is 5.75 Å². The number of ether oxygens (including phenoxy) is 1. The number of carbonyl (C=O) groups is 1. The first kappa shape index (κ1) is 20.8. The van der Waals surface area contributed by atoms with E-state index < -0.39 is 30.8 Å². The largest absolute Gasteiger partial charge is 0.482 e. The van der Waals surface area contributed by atoms with Crippen molar-refractivity contribution in [3.63, 3.8) is 0 Å². The summed E-state index contributed by atoms with van der Waals surface area (Å²) in [4.78, 5) is 12.3. The molecule has 2 rings (SSSR count). The quantitative estimate of drug-likeness (QED) is 0.785. The van der Waals surface area contributed by atoms with E-state index in [4.69, 9.17) is 27.9 Å². The molecule has 1 aromatic carbocycles. The number of rotatable bonds is 5. The minimum atomic E-state index is -5.07. The zero-order chi connectivity index (χ0) is 19.7. The molecule has 144 valence electrons. The van der Waals surface area contributed by atoms with Crippen LogP contribution in [0.5, 0.6) is 5.75 Å². The van der Waals surface area contributed by atoms with E-state index in [1.54, 1.807) is 13.8 Å². The van der Waals surface area contributed by atoms with E-state index in [1.165, 1.54) is 18.2 Å². The van der Waals surface area contributed by atoms with Gasteiger partial charge in [0.15, 0.2) is 6.61 Å². The number of hydrazone groups is 1. The van der Waals surface area contributed by atoms with E-state index in [1.807, 2.05) is 0 Å². The maximum Gasteiger partial charge on any atom is 0.438 e. The van der Waals surface area contributed by atoms with Gasteiger partial charge < -0.3 is 9.84 Å². The Morgan fingerprint density at radius 2 is 2.08 bits per heavy atom. The van der Waals surface area contributed by atoms with Gasteiger partial charge in [-0.3, -0.25) is 4.79 Å². The van der Waals surface area contributed by atoms with Gasteiger partial charge in [-0.05, 0) is 30.5 Å². The highest BCUT2D eigenvalue weighted by Crippen LogP contribution is 2.41. The molecule has 0 aliphatic carbocycles. The van der Waals surface area contributed by atoms with Crippen molar-refractivity contribution >= 4 is 34.8 Å². The topological polar surface area (TPSA) is 62.1 Å². The number of aliphatic hydroxyl groups is 1. The van der Waals surface area contributed by atoms with Crippen LogP contribution in [0.25, 0.3) is 0 Å². The predicted molar refractivity (Wildman–Crippen MR) is 91.3 cm³/mol. The molecule has 1 heterocycles. The van der Waals surface area contributed by atoms with Gasteiger partial charge in [0.1, 0.15) is 5.75 Å². The number of amides is 1. The van der Waals surface area contributed by atoms with Crippen LogP contribution in [0.15, 0.2) is 23.3 Å².